The van der Waals surface area contributed by atoms with Crippen LogP contribution in [0.15, 0.2) is 35.1 Å². The Kier molecular flexibility index (Phi) is 3.59. The molecule has 1 aromatic carbocycles. The Labute approximate surface area is 107 Å². The molecule has 0 saturated heterocycles. The third kappa shape index (κ3) is 2.40. The van der Waals surface area contributed by atoms with Crippen LogP contribution < -0.4 is 0 Å². The molecule has 0 radical (unpaired) electrons. The summed E-state index contributed by atoms with van der Waals surface area (Å²) in [5.41, 5.74) is 0.478. The molecule has 1 aromatic heterocycles. The van der Waals surface area contributed by atoms with Crippen LogP contribution >= 0.6 is 15.9 Å². The van der Waals surface area contributed by atoms with E-state index in [1.54, 1.807) is 18.5 Å². The van der Waals surface area contributed by atoms with Crippen LogP contribution in [-0.4, -0.2) is 14.7 Å². The largest absolute Gasteiger partial charge is 0.380 e. The number of hydrogen-bond acceptors (Lipinski definition) is 2. The number of halogens is 2. The second-order valence-corrected chi connectivity index (χ2v) is 4.49. The van der Waals surface area contributed by atoms with Gasteiger partial charge in [-0.05, 0) is 25.1 Å². The number of aromatic nitrogens is 2. The van der Waals surface area contributed by atoms with Gasteiger partial charge in [0.25, 0.3) is 0 Å². The first kappa shape index (κ1) is 12.3. The lowest BCUT2D eigenvalue weighted by Crippen LogP contribution is -2.09. The maximum absolute atomic E-state index is 13.2. The molecule has 90 valence electrons. The smallest absolute Gasteiger partial charge is 0.142 e. The number of aliphatic hydroxyl groups excluding tert-OH is 1. The molecule has 1 heterocycles. The first-order valence-corrected chi connectivity index (χ1v) is 6.06. The molecule has 0 bridgehead atoms. The normalized spacial score (nSPS) is 12.7. The van der Waals surface area contributed by atoms with Crippen LogP contribution in [0.3, 0.4) is 0 Å². The highest BCUT2D eigenvalue weighted by atomic mass is 79.9. The molecule has 1 atom stereocenters. The molecule has 2 rings (SSSR count). The van der Waals surface area contributed by atoms with Crippen molar-refractivity contribution in [1.29, 1.82) is 0 Å². The Morgan fingerprint density at radius 3 is 3.00 bits per heavy atom. The van der Waals surface area contributed by atoms with Crippen LogP contribution in [0.25, 0.3) is 0 Å². The maximum atomic E-state index is 13.2. The van der Waals surface area contributed by atoms with E-state index in [-0.39, 0.29) is 5.82 Å². The first-order valence-electron chi connectivity index (χ1n) is 5.27. The summed E-state index contributed by atoms with van der Waals surface area (Å²) in [6, 6.07) is 4.23. The van der Waals surface area contributed by atoms with E-state index in [0.29, 0.717) is 22.4 Å². The van der Waals surface area contributed by atoms with Gasteiger partial charge in [-0.2, -0.15) is 0 Å². The highest BCUT2D eigenvalue weighted by Crippen LogP contribution is 2.28. The summed E-state index contributed by atoms with van der Waals surface area (Å²) in [7, 11) is 0. The molecular weight excluding hydrogens is 287 g/mol. The second kappa shape index (κ2) is 4.98. The van der Waals surface area contributed by atoms with Gasteiger partial charge < -0.3 is 9.67 Å². The molecule has 1 unspecified atom stereocenters. The Morgan fingerprint density at radius 1 is 1.53 bits per heavy atom. The number of aliphatic hydroxyl groups is 1. The van der Waals surface area contributed by atoms with Crippen LogP contribution in [0.1, 0.15) is 24.4 Å². The van der Waals surface area contributed by atoms with Gasteiger partial charge in [0.2, 0.25) is 0 Å². The zero-order valence-electron chi connectivity index (χ0n) is 9.27. The zero-order valence-corrected chi connectivity index (χ0v) is 10.9. The van der Waals surface area contributed by atoms with E-state index in [2.05, 4.69) is 20.9 Å². The van der Waals surface area contributed by atoms with Crippen molar-refractivity contribution in [3.05, 3.63) is 52.3 Å². The lowest BCUT2D eigenvalue weighted by atomic mass is 10.1. The number of imidazole rings is 1. The lowest BCUT2D eigenvalue weighted by Gasteiger charge is -2.14. The lowest BCUT2D eigenvalue weighted by molar-refractivity contribution is 0.203. The molecule has 2 aromatic rings. The summed E-state index contributed by atoms with van der Waals surface area (Å²) < 4.78 is 15.7. The van der Waals surface area contributed by atoms with Gasteiger partial charge in [0.05, 0.1) is 0 Å². The standard InChI is InChI=1S/C12H12BrFN2O/c1-2-16-6-5-15-12(16)11(17)9-7-8(14)3-4-10(9)13/h3-7,11,17H,2H2,1H3. The molecule has 0 saturated carbocycles. The minimum Gasteiger partial charge on any atom is -0.380 e. The van der Waals surface area contributed by atoms with Crippen molar-refractivity contribution in [3.63, 3.8) is 0 Å². The van der Waals surface area contributed by atoms with Crippen molar-refractivity contribution in [2.75, 3.05) is 0 Å². The fourth-order valence-corrected chi connectivity index (χ4v) is 2.16. The van der Waals surface area contributed by atoms with Crippen molar-refractivity contribution in [2.24, 2.45) is 0 Å². The molecule has 3 nitrogen and oxygen atoms in total. The Bertz CT molecular complexity index is 527. The summed E-state index contributed by atoms with van der Waals surface area (Å²) in [5.74, 6) is 0.135. The van der Waals surface area contributed by atoms with Gasteiger partial charge in [-0.15, -0.1) is 0 Å². The van der Waals surface area contributed by atoms with Gasteiger partial charge >= 0.3 is 0 Å². The highest BCUT2D eigenvalue weighted by molar-refractivity contribution is 9.10. The topological polar surface area (TPSA) is 38.0 Å². The van der Waals surface area contributed by atoms with E-state index in [1.807, 2.05) is 11.5 Å². The molecular formula is C12H12BrFN2O. The second-order valence-electron chi connectivity index (χ2n) is 3.64. The van der Waals surface area contributed by atoms with Gasteiger partial charge in [-0.3, -0.25) is 0 Å². The highest BCUT2D eigenvalue weighted by Gasteiger charge is 2.18. The van der Waals surface area contributed by atoms with E-state index in [1.165, 1.54) is 12.1 Å². The number of nitrogens with zero attached hydrogens (tertiary/aromatic N) is 2. The van der Waals surface area contributed by atoms with Crippen molar-refractivity contribution >= 4 is 15.9 Å². The number of rotatable bonds is 3. The van der Waals surface area contributed by atoms with Crippen LogP contribution in [0.4, 0.5) is 4.39 Å². The molecule has 0 spiro atoms. The molecule has 0 aliphatic rings. The van der Waals surface area contributed by atoms with Crippen LogP contribution in [0.5, 0.6) is 0 Å². The predicted octanol–water partition coefficient (Wildman–Crippen LogP) is 2.89. The Balaban J connectivity index is 2.43. The van der Waals surface area contributed by atoms with Gasteiger partial charge in [-0.25, -0.2) is 9.37 Å². The minimum atomic E-state index is -0.935. The van der Waals surface area contributed by atoms with Gasteiger partial charge in [0.15, 0.2) is 0 Å². The van der Waals surface area contributed by atoms with Gasteiger partial charge in [0.1, 0.15) is 17.7 Å². The van der Waals surface area contributed by atoms with Crippen LogP contribution in [-0.2, 0) is 6.54 Å². The van der Waals surface area contributed by atoms with Gasteiger partial charge in [0, 0.05) is 29.0 Å². The molecule has 0 aliphatic heterocycles. The summed E-state index contributed by atoms with van der Waals surface area (Å²) in [5, 5.41) is 10.2. The molecule has 0 fully saturated rings. The van der Waals surface area contributed by atoms with E-state index in [0.717, 1.165) is 0 Å². The number of hydrogen-bond donors (Lipinski definition) is 1. The Morgan fingerprint density at radius 2 is 2.29 bits per heavy atom. The fourth-order valence-electron chi connectivity index (χ4n) is 1.70. The summed E-state index contributed by atoms with van der Waals surface area (Å²) in [6.07, 6.45) is 2.47. The Hall–Kier alpha value is -1.20. The average molecular weight is 299 g/mol. The van der Waals surface area contributed by atoms with Crippen molar-refractivity contribution < 1.29 is 9.50 Å². The van der Waals surface area contributed by atoms with Crippen molar-refractivity contribution in [3.8, 4) is 0 Å². The third-order valence-corrected chi connectivity index (χ3v) is 3.31. The maximum Gasteiger partial charge on any atom is 0.142 e. The van der Waals surface area contributed by atoms with E-state index in [9.17, 15) is 9.50 Å². The third-order valence-electron chi connectivity index (χ3n) is 2.59. The molecule has 0 aliphatic carbocycles. The minimum absolute atomic E-state index is 0.378. The van der Waals surface area contributed by atoms with Gasteiger partial charge in [-0.1, -0.05) is 15.9 Å². The monoisotopic (exact) mass is 298 g/mol. The average Bonchev–Trinajstić information content (AvgIpc) is 2.79. The van der Waals surface area contributed by atoms with E-state index < -0.39 is 6.10 Å². The SMILES string of the molecule is CCn1ccnc1C(O)c1cc(F)ccc1Br. The van der Waals surface area contributed by atoms with Crippen LogP contribution in [0.2, 0.25) is 0 Å². The van der Waals surface area contributed by atoms with Crippen molar-refractivity contribution in [1.82, 2.24) is 9.55 Å². The first-order chi connectivity index (χ1) is 8.13. The predicted molar refractivity (Wildman–Crippen MR) is 66.1 cm³/mol. The zero-order chi connectivity index (χ0) is 12.4. The van der Waals surface area contributed by atoms with E-state index in [4.69, 9.17) is 0 Å². The van der Waals surface area contributed by atoms with Crippen molar-refractivity contribution in [2.45, 2.75) is 19.6 Å². The molecule has 5 heteroatoms. The summed E-state index contributed by atoms with van der Waals surface area (Å²) in [4.78, 5) is 4.10. The van der Waals surface area contributed by atoms with E-state index >= 15 is 0 Å². The molecule has 1 N–H and O–H groups in total. The number of benzene rings is 1. The molecule has 17 heavy (non-hydrogen) atoms. The summed E-state index contributed by atoms with van der Waals surface area (Å²) in [6.45, 7) is 2.66. The summed E-state index contributed by atoms with van der Waals surface area (Å²) >= 11 is 3.30. The fraction of sp³-hybridized carbons (Fsp3) is 0.250. The molecule has 0 amide bonds. The number of aryl methyl sites for hydroxylation is 1. The van der Waals surface area contributed by atoms with Crippen LogP contribution in [0, 0.1) is 5.82 Å². The quantitative estimate of drug-likeness (QED) is 0.946.